The van der Waals surface area contributed by atoms with Gasteiger partial charge >= 0.3 is 8.80 Å². The number of benzene rings is 1. The smallest absolute Gasteiger partial charge is 0.378 e. The van der Waals surface area contributed by atoms with Crippen molar-refractivity contribution in [2.24, 2.45) is 0 Å². The summed E-state index contributed by atoms with van der Waals surface area (Å²) in [5.74, 6) is 0.701. The summed E-state index contributed by atoms with van der Waals surface area (Å²) in [5.41, 5.74) is 1.47. The molecule has 0 N–H and O–H groups in total. The van der Waals surface area contributed by atoms with Crippen LogP contribution in [0.4, 0.5) is 0 Å². The Balaban J connectivity index is 1.65. The molecule has 1 aliphatic rings. The summed E-state index contributed by atoms with van der Waals surface area (Å²) >= 11 is 0. The largest absolute Gasteiger partial charge is 0.500 e. The van der Waals surface area contributed by atoms with Crippen molar-refractivity contribution >= 4 is 8.80 Å². The highest BCUT2D eigenvalue weighted by Crippen LogP contribution is 2.33. The SMILES string of the molecule is CO[Si](CCCO[C@H]1CC[C@H](c2ccccc2)CC1)(OC)OC. The third-order valence-corrected chi connectivity index (χ3v) is 7.69. The lowest BCUT2D eigenvalue weighted by Gasteiger charge is -2.29. The molecule has 0 amide bonds. The quantitative estimate of drug-likeness (QED) is 0.504. The molecule has 0 bridgehead atoms. The van der Waals surface area contributed by atoms with E-state index in [4.69, 9.17) is 18.0 Å². The molecule has 0 spiro atoms. The van der Waals surface area contributed by atoms with Crippen LogP contribution in [0.1, 0.15) is 43.6 Å². The van der Waals surface area contributed by atoms with Gasteiger partial charge in [-0.3, -0.25) is 0 Å². The molecule has 0 atom stereocenters. The first kappa shape index (κ1) is 18.6. The molecule has 1 aromatic rings. The molecule has 4 nitrogen and oxygen atoms in total. The van der Waals surface area contributed by atoms with Crippen LogP contribution in [0.5, 0.6) is 0 Å². The molecule has 0 unspecified atom stereocenters. The Morgan fingerprint density at radius 3 is 2.09 bits per heavy atom. The highest BCUT2D eigenvalue weighted by atomic mass is 28.4. The van der Waals surface area contributed by atoms with E-state index in [0.717, 1.165) is 31.9 Å². The van der Waals surface area contributed by atoms with Gasteiger partial charge in [0.1, 0.15) is 0 Å². The van der Waals surface area contributed by atoms with Gasteiger partial charge in [-0.25, -0.2) is 0 Å². The maximum Gasteiger partial charge on any atom is 0.500 e. The maximum absolute atomic E-state index is 6.05. The van der Waals surface area contributed by atoms with Crippen LogP contribution in [-0.2, 0) is 18.0 Å². The standard InChI is InChI=1S/C18H30O4Si/c1-19-23(20-2,21-3)15-7-14-22-18-12-10-17(11-13-18)16-8-5-4-6-9-16/h4-6,8-9,17-18H,7,10-15H2,1-3H3/t17-,18-. The average Bonchev–Trinajstić information content (AvgIpc) is 2.64. The summed E-state index contributed by atoms with van der Waals surface area (Å²) in [6.07, 6.45) is 6.07. The third-order valence-electron chi connectivity index (χ3n) is 4.86. The van der Waals surface area contributed by atoms with Crippen LogP contribution in [-0.4, -0.2) is 42.8 Å². The van der Waals surface area contributed by atoms with Gasteiger partial charge in [-0.1, -0.05) is 30.3 Å². The molecule has 5 heteroatoms. The second kappa shape index (κ2) is 9.54. The zero-order valence-electron chi connectivity index (χ0n) is 14.6. The van der Waals surface area contributed by atoms with Crippen molar-refractivity contribution in [3.63, 3.8) is 0 Å². The molecule has 23 heavy (non-hydrogen) atoms. The fraction of sp³-hybridized carbons (Fsp3) is 0.667. The molecule has 1 aromatic carbocycles. The number of hydrogen-bond acceptors (Lipinski definition) is 4. The zero-order chi connectivity index (χ0) is 16.5. The summed E-state index contributed by atoms with van der Waals surface area (Å²) in [4.78, 5) is 0. The Morgan fingerprint density at radius 2 is 1.52 bits per heavy atom. The van der Waals surface area contributed by atoms with E-state index in [2.05, 4.69) is 30.3 Å². The van der Waals surface area contributed by atoms with E-state index in [1.54, 1.807) is 21.3 Å². The van der Waals surface area contributed by atoms with E-state index in [-0.39, 0.29) is 0 Å². The summed E-state index contributed by atoms with van der Waals surface area (Å²) in [5, 5.41) is 0. The van der Waals surface area contributed by atoms with Gasteiger partial charge in [-0.15, -0.1) is 0 Å². The molecular weight excluding hydrogens is 308 g/mol. The van der Waals surface area contributed by atoms with Crippen molar-refractivity contribution in [2.45, 2.75) is 50.2 Å². The monoisotopic (exact) mass is 338 g/mol. The number of hydrogen-bond donors (Lipinski definition) is 0. The van der Waals surface area contributed by atoms with Gasteiger partial charge in [0.05, 0.1) is 6.10 Å². The lowest BCUT2D eigenvalue weighted by atomic mass is 9.83. The highest BCUT2D eigenvalue weighted by molar-refractivity contribution is 6.60. The highest BCUT2D eigenvalue weighted by Gasteiger charge is 2.37. The molecule has 130 valence electrons. The van der Waals surface area contributed by atoms with Crippen LogP contribution in [0.25, 0.3) is 0 Å². The maximum atomic E-state index is 6.05. The topological polar surface area (TPSA) is 36.9 Å². The first-order chi connectivity index (χ1) is 11.2. The van der Waals surface area contributed by atoms with E-state index < -0.39 is 8.80 Å². The summed E-state index contributed by atoms with van der Waals surface area (Å²) in [6.45, 7) is 0.755. The lowest BCUT2D eigenvalue weighted by Crippen LogP contribution is -2.42. The second-order valence-electron chi connectivity index (χ2n) is 6.15. The molecule has 2 rings (SSSR count). The molecule has 1 fully saturated rings. The lowest BCUT2D eigenvalue weighted by molar-refractivity contribution is 0.0225. The molecule has 1 saturated carbocycles. The Bertz CT molecular complexity index is 420. The molecule has 0 aromatic heterocycles. The van der Waals surface area contributed by atoms with Crippen LogP contribution in [0.3, 0.4) is 0 Å². The van der Waals surface area contributed by atoms with E-state index in [9.17, 15) is 0 Å². The van der Waals surface area contributed by atoms with Crippen molar-refractivity contribution < 1.29 is 18.0 Å². The normalized spacial score (nSPS) is 22.2. The predicted octanol–water partition coefficient (Wildman–Crippen LogP) is 4.00. The van der Waals surface area contributed by atoms with Crippen LogP contribution >= 0.6 is 0 Å². The minimum atomic E-state index is -2.44. The van der Waals surface area contributed by atoms with Crippen LogP contribution < -0.4 is 0 Å². The molecule has 1 aliphatic carbocycles. The van der Waals surface area contributed by atoms with Crippen molar-refractivity contribution in [1.82, 2.24) is 0 Å². The molecule has 0 radical (unpaired) electrons. The van der Waals surface area contributed by atoms with Crippen LogP contribution in [0.2, 0.25) is 6.04 Å². The summed E-state index contributed by atoms with van der Waals surface area (Å²) in [7, 11) is 2.53. The van der Waals surface area contributed by atoms with Gasteiger partial charge in [0.2, 0.25) is 0 Å². The Kier molecular flexibility index (Phi) is 7.72. The molecule has 0 heterocycles. The molecular formula is C18H30O4Si. The Labute approximate surface area is 141 Å². The average molecular weight is 339 g/mol. The Morgan fingerprint density at radius 1 is 0.913 bits per heavy atom. The Hall–Kier alpha value is -0.723. The summed E-state index contributed by atoms with van der Waals surface area (Å²) < 4.78 is 22.3. The summed E-state index contributed by atoms with van der Waals surface area (Å²) in [6, 6.07) is 11.6. The van der Waals surface area contributed by atoms with Gasteiger partial charge in [0.15, 0.2) is 0 Å². The van der Waals surface area contributed by atoms with Crippen molar-refractivity contribution in [1.29, 1.82) is 0 Å². The van der Waals surface area contributed by atoms with Crippen molar-refractivity contribution in [3.05, 3.63) is 35.9 Å². The predicted molar refractivity (Wildman–Crippen MR) is 93.6 cm³/mol. The minimum absolute atomic E-state index is 0.402. The van der Waals surface area contributed by atoms with E-state index >= 15 is 0 Å². The van der Waals surface area contributed by atoms with E-state index in [1.807, 2.05) is 0 Å². The fourth-order valence-electron chi connectivity index (χ4n) is 3.38. The molecule has 0 saturated heterocycles. The molecule has 0 aliphatic heterocycles. The van der Waals surface area contributed by atoms with Crippen LogP contribution in [0, 0.1) is 0 Å². The van der Waals surface area contributed by atoms with Gasteiger partial charge in [0.25, 0.3) is 0 Å². The third kappa shape index (κ3) is 5.40. The first-order valence-electron chi connectivity index (χ1n) is 8.55. The van der Waals surface area contributed by atoms with Gasteiger partial charge in [-0.05, 0) is 43.6 Å². The number of rotatable bonds is 9. The van der Waals surface area contributed by atoms with Crippen LogP contribution in [0.15, 0.2) is 30.3 Å². The number of ether oxygens (including phenoxy) is 1. The fourth-order valence-corrected chi connectivity index (χ4v) is 5.07. The van der Waals surface area contributed by atoms with Crippen molar-refractivity contribution in [2.75, 3.05) is 27.9 Å². The minimum Gasteiger partial charge on any atom is -0.378 e. The van der Waals surface area contributed by atoms with Gasteiger partial charge in [-0.2, -0.15) is 0 Å². The zero-order valence-corrected chi connectivity index (χ0v) is 15.6. The van der Waals surface area contributed by atoms with Gasteiger partial charge in [0, 0.05) is 34.0 Å². The van der Waals surface area contributed by atoms with E-state index in [0.29, 0.717) is 12.0 Å². The second-order valence-corrected chi connectivity index (χ2v) is 9.24. The van der Waals surface area contributed by atoms with Crippen molar-refractivity contribution in [3.8, 4) is 0 Å². The first-order valence-corrected chi connectivity index (χ1v) is 10.5. The van der Waals surface area contributed by atoms with Gasteiger partial charge < -0.3 is 18.0 Å². The van der Waals surface area contributed by atoms with E-state index in [1.165, 1.54) is 18.4 Å².